The number of amides is 2. The van der Waals surface area contributed by atoms with Gasteiger partial charge in [-0.25, -0.2) is 4.79 Å². The first-order valence-corrected chi connectivity index (χ1v) is 8.28. The summed E-state index contributed by atoms with van der Waals surface area (Å²) in [7, 11) is 0. The van der Waals surface area contributed by atoms with Gasteiger partial charge in [-0.2, -0.15) is 5.10 Å². The average Bonchev–Trinajstić information content (AvgIpc) is 3.26. The Morgan fingerprint density at radius 2 is 2.21 bits per heavy atom. The molecule has 24 heavy (non-hydrogen) atoms. The number of rotatable bonds is 6. The number of pyridine rings is 1. The minimum Gasteiger partial charge on any atom is -0.386 e. The number of hydrogen-bond donors (Lipinski definition) is 3. The molecule has 0 aromatic carbocycles. The highest BCUT2D eigenvalue weighted by Crippen LogP contribution is 2.17. The van der Waals surface area contributed by atoms with E-state index in [0.29, 0.717) is 12.4 Å². The summed E-state index contributed by atoms with van der Waals surface area (Å²) in [6, 6.07) is 10.7. The van der Waals surface area contributed by atoms with Crippen molar-refractivity contribution in [2.75, 3.05) is 11.9 Å². The number of carbonyl (C=O) groups excluding carboxylic acids is 1. The molecule has 0 radical (unpaired) electrons. The van der Waals surface area contributed by atoms with E-state index in [-0.39, 0.29) is 6.54 Å². The van der Waals surface area contributed by atoms with Crippen molar-refractivity contribution < 1.29 is 9.90 Å². The van der Waals surface area contributed by atoms with Gasteiger partial charge in [-0.05, 0) is 23.6 Å². The summed E-state index contributed by atoms with van der Waals surface area (Å²) in [5, 5.41) is 21.3. The van der Waals surface area contributed by atoms with Crippen molar-refractivity contribution in [1.82, 2.24) is 20.1 Å². The van der Waals surface area contributed by atoms with Crippen LogP contribution in [0.25, 0.3) is 0 Å². The van der Waals surface area contributed by atoms with Gasteiger partial charge in [-0.3, -0.25) is 15.0 Å². The molecule has 3 aromatic heterocycles. The summed E-state index contributed by atoms with van der Waals surface area (Å²) < 4.78 is 1.69. The van der Waals surface area contributed by atoms with Crippen molar-refractivity contribution in [3.05, 3.63) is 64.7 Å². The smallest absolute Gasteiger partial charge is 0.320 e. The van der Waals surface area contributed by atoms with Gasteiger partial charge in [0, 0.05) is 23.3 Å². The molecule has 3 N–H and O–H groups in total. The van der Waals surface area contributed by atoms with Crippen LogP contribution in [-0.4, -0.2) is 32.4 Å². The molecule has 0 aliphatic heterocycles. The molecule has 7 nitrogen and oxygen atoms in total. The van der Waals surface area contributed by atoms with Crippen molar-refractivity contribution in [2.24, 2.45) is 0 Å². The summed E-state index contributed by atoms with van der Waals surface area (Å²) in [6.45, 7) is 0.669. The van der Waals surface area contributed by atoms with Crippen LogP contribution in [0.3, 0.4) is 0 Å². The second-order valence-electron chi connectivity index (χ2n) is 5.09. The highest BCUT2D eigenvalue weighted by atomic mass is 32.1. The molecule has 3 aromatic rings. The highest BCUT2D eigenvalue weighted by molar-refractivity contribution is 7.10. The number of carbonyl (C=O) groups is 1. The lowest BCUT2D eigenvalue weighted by Gasteiger charge is -2.10. The SMILES string of the molecule is O=C(NC[C@@H](O)c1cccs1)Nc1ccn(Cc2ccccn2)n1. The van der Waals surface area contributed by atoms with Crippen molar-refractivity contribution in [2.45, 2.75) is 12.6 Å². The van der Waals surface area contributed by atoms with Crippen LogP contribution >= 0.6 is 11.3 Å². The lowest BCUT2D eigenvalue weighted by Crippen LogP contribution is -2.32. The number of nitrogens with zero attached hydrogens (tertiary/aromatic N) is 3. The standard InChI is InChI=1S/C16H17N5O2S/c22-13(14-5-3-9-24-14)10-18-16(23)19-15-6-8-21(20-15)11-12-4-1-2-7-17-12/h1-9,13,22H,10-11H2,(H2,18,19,20,23)/t13-/m1/s1. The molecule has 124 valence electrons. The number of aromatic nitrogens is 3. The van der Waals surface area contributed by atoms with Gasteiger partial charge >= 0.3 is 6.03 Å². The molecule has 0 fully saturated rings. The van der Waals surface area contributed by atoms with Gasteiger partial charge in [0.2, 0.25) is 0 Å². The predicted molar refractivity (Wildman–Crippen MR) is 91.9 cm³/mol. The summed E-state index contributed by atoms with van der Waals surface area (Å²) >= 11 is 1.45. The minimum absolute atomic E-state index is 0.140. The normalized spacial score (nSPS) is 11.9. The Morgan fingerprint density at radius 3 is 2.96 bits per heavy atom. The Hall–Kier alpha value is -2.71. The molecule has 1 atom stereocenters. The minimum atomic E-state index is -0.711. The van der Waals surface area contributed by atoms with E-state index in [0.717, 1.165) is 10.6 Å². The van der Waals surface area contributed by atoms with Gasteiger partial charge in [-0.1, -0.05) is 12.1 Å². The maximum absolute atomic E-state index is 11.9. The van der Waals surface area contributed by atoms with E-state index in [9.17, 15) is 9.90 Å². The fourth-order valence-electron chi connectivity index (χ4n) is 2.11. The first kappa shape index (κ1) is 16.2. The summed E-state index contributed by atoms with van der Waals surface area (Å²) in [4.78, 5) is 16.9. The van der Waals surface area contributed by atoms with Crippen LogP contribution in [0.2, 0.25) is 0 Å². The zero-order chi connectivity index (χ0) is 16.8. The molecule has 8 heteroatoms. The summed E-state index contributed by atoms with van der Waals surface area (Å²) in [6.07, 6.45) is 2.78. The molecule has 0 unspecified atom stereocenters. The van der Waals surface area contributed by atoms with Crippen molar-refractivity contribution >= 4 is 23.2 Å². The molecule has 2 amide bonds. The molecule has 0 aliphatic rings. The fourth-order valence-corrected chi connectivity index (χ4v) is 2.82. The molecule has 3 rings (SSSR count). The first-order chi connectivity index (χ1) is 11.7. The Morgan fingerprint density at radius 1 is 1.29 bits per heavy atom. The van der Waals surface area contributed by atoms with Crippen LogP contribution in [-0.2, 0) is 6.54 Å². The van der Waals surface area contributed by atoms with Gasteiger partial charge in [-0.15, -0.1) is 11.3 Å². The number of urea groups is 1. The molecule has 3 heterocycles. The monoisotopic (exact) mass is 343 g/mol. The van der Waals surface area contributed by atoms with Crippen LogP contribution in [0.5, 0.6) is 0 Å². The number of anilines is 1. The number of thiophene rings is 1. The fraction of sp³-hybridized carbons (Fsp3) is 0.188. The average molecular weight is 343 g/mol. The summed E-state index contributed by atoms with van der Waals surface area (Å²) in [5.74, 6) is 0.439. The first-order valence-electron chi connectivity index (χ1n) is 7.40. The molecule has 0 aliphatic carbocycles. The second-order valence-corrected chi connectivity index (χ2v) is 6.07. The lowest BCUT2D eigenvalue weighted by molar-refractivity contribution is 0.178. The Balaban J connectivity index is 1.48. The largest absolute Gasteiger partial charge is 0.386 e. The van der Waals surface area contributed by atoms with E-state index in [4.69, 9.17) is 0 Å². The lowest BCUT2D eigenvalue weighted by atomic mass is 10.3. The molecule has 0 bridgehead atoms. The van der Waals surface area contributed by atoms with Crippen LogP contribution in [0.4, 0.5) is 10.6 Å². The van der Waals surface area contributed by atoms with E-state index in [2.05, 4.69) is 20.7 Å². The third-order valence-electron chi connectivity index (χ3n) is 3.26. The molecule has 0 saturated carbocycles. The molecular formula is C16H17N5O2S. The van der Waals surface area contributed by atoms with Gasteiger partial charge in [0.15, 0.2) is 5.82 Å². The van der Waals surface area contributed by atoms with Crippen molar-refractivity contribution in [3.8, 4) is 0 Å². The van der Waals surface area contributed by atoms with Gasteiger partial charge in [0.1, 0.15) is 6.10 Å². The zero-order valence-electron chi connectivity index (χ0n) is 12.8. The van der Waals surface area contributed by atoms with Gasteiger partial charge < -0.3 is 10.4 Å². The quantitative estimate of drug-likeness (QED) is 0.640. The Bertz CT molecular complexity index is 773. The Labute approximate surface area is 143 Å². The number of nitrogens with one attached hydrogen (secondary N) is 2. The van der Waals surface area contributed by atoms with E-state index in [1.165, 1.54) is 11.3 Å². The Kier molecular flexibility index (Phi) is 5.19. The predicted octanol–water partition coefficient (Wildman–Crippen LogP) is 2.24. The maximum Gasteiger partial charge on any atom is 0.320 e. The van der Waals surface area contributed by atoms with Crippen LogP contribution in [0.1, 0.15) is 16.7 Å². The van der Waals surface area contributed by atoms with Crippen molar-refractivity contribution in [3.63, 3.8) is 0 Å². The van der Waals surface area contributed by atoms with Gasteiger partial charge in [0.05, 0.1) is 18.8 Å². The maximum atomic E-state index is 11.9. The number of aliphatic hydroxyl groups excluding tert-OH is 1. The van der Waals surface area contributed by atoms with Gasteiger partial charge in [0.25, 0.3) is 0 Å². The topological polar surface area (TPSA) is 92.1 Å². The highest BCUT2D eigenvalue weighted by Gasteiger charge is 2.11. The molecule has 0 spiro atoms. The van der Waals surface area contributed by atoms with Crippen LogP contribution in [0, 0.1) is 0 Å². The van der Waals surface area contributed by atoms with E-state index >= 15 is 0 Å². The van der Waals surface area contributed by atoms with Crippen LogP contribution in [0.15, 0.2) is 54.2 Å². The number of aliphatic hydroxyl groups is 1. The van der Waals surface area contributed by atoms with E-state index in [1.807, 2.05) is 35.7 Å². The number of hydrogen-bond acceptors (Lipinski definition) is 5. The van der Waals surface area contributed by atoms with Crippen LogP contribution < -0.4 is 10.6 Å². The van der Waals surface area contributed by atoms with E-state index in [1.54, 1.807) is 23.1 Å². The summed E-state index contributed by atoms with van der Waals surface area (Å²) in [5.41, 5.74) is 0.885. The molecular weight excluding hydrogens is 326 g/mol. The third kappa shape index (κ3) is 4.40. The molecule has 0 saturated heterocycles. The zero-order valence-corrected chi connectivity index (χ0v) is 13.6. The van der Waals surface area contributed by atoms with Crippen molar-refractivity contribution in [1.29, 1.82) is 0 Å². The third-order valence-corrected chi connectivity index (χ3v) is 4.23. The van der Waals surface area contributed by atoms with E-state index < -0.39 is 12.1 Å². The second kappa shape index (κ2) is 7.71.